The highest BCUT2D eigenvalue weighted by atomic mass is 19.4. The van der Waals surface area contributed by atoms with E-state index in [0.29, 0.717) is 35.8 Å². The van der Waals surface area contributed by atoms with Crippen LogP contribution in [0, 0.1) is 0 Å². The van der Waals surface area contributed by atoms with Crippen LogP contribution in [0.25, 0.3) is 11.2 Å². The van der Waals surface area contributed by atoms with Crippen molar-refractivity contribution in [3.63, 3.8) is 0 Å². The zero-order chi connectivity index (χ0) is 26.2. The minimum Gasteiger partial charge on any atom is -0.351 e. The van der Waals surface area contributed by atoms with E-state index in [4.69, 9.17) is 10.7 Å². The van der Waals surface area contributed by atoms with Crippen LogP contribution < -0.4 is 21.5 Å². The Bertz CT molecular complexity index is 1450. The number of hydrogen-bond donors (Lipinski definition) is 2. The molecule has 11 heteroatoms. The van der Waals surface area contributed by atoms with Crippen LogP contribution in [0.2, 0.25) is 0 Å². The van der Waals surface area contributed by atoms with Crippen LogP contribution in [0.15, 0.2) is 59.4 Å². The smallest absolute Gasteiger partial charge is 0.351 e. The number of rotatable bonds is 6. The first-order chi connectivity index (χ1) is 17.7. The van der Waals surface area contributed by atoms with Crippen LogP contribution in [0.3, 0.4) is 0 Å². The number of imidazole rings is 1. The molecular formula is C26H28F3N7O. The number of anilines is 2. The Balaban J connectivity index is 1.50. The molecule has 1 unspecified atom stereocenters. The Hall–Kier alpha value is -3.86. The van der Waals surface area contributed by atoms with E-state index >= 15 is 0 Å². The summed E-state index contributed by atoms with van der Waals surface area (Å²) in [5.41, 5.74) is 7.60. The van der Waals surface area contributed by atoms with E-state index in [-0.39, 0.29) is 24.1 Å². The number of piperidine rings is 1. The summed E-state index contributed by atoms with van der Waals surface area (Å²) in [5.74, 6) is 0.933. The van der Waals surface area contributed by atoms with Gasteiger partial charge in [0.15, 0.2) is 11.2 Å². The van der Waals surface area contributed by atoms with Crippen molar-refractivity contribution in [3.8, 4) is 0 Å². The average molecular weight is 512 g/mol. The van der Waals surface area contributed by atoms with Gasteiger partial charge < -0.3 is 16.0 Å². The number of halogens is 3. The van der Waals surface area contributed by atoms with Gasteiger partial charge in [0, 0.05) is 32.7 Å². The molecule has 3 heterocycles. The summed E-state index contributed by atoms with van der Waals surface area (Å²) in [7, 11) is 1.61. The zero-order valence-corrected chi connectivity index (χ0v) is 20.4. The fraction of sp³-hybridized carbons (Fsp3) is 0.346. The van der Waals surface area contributed by atoms with Gasteiger partial charge in [-0.25, -0.2) is 0 Å². The summed E-state index contributed by atoms with van der Waals surface area (Å²) < 4.78 is 41.9. The summed E-state index contributed by atoms with van der Waals surface area (Å²) >= 11 is 0. The third kappa shape index (κ3) is 5.17. The minimum absolute atomic E-state index is 0.0236. The van der Waals surface area contributed by atoms with Crippen molar-refractivity contribution in [1.82, 2.24) is 19.1 Å². The first-order valence-electron chi connectivity index (χ1n) is 12.1. The molecule has 0 bridgehead atoms. The van der Waals surface area contributed by atoms with Crippen LogP contribution >= 0.6 is 0 Å². The van der Waals surface area contributed by atoms with Crippen molar-refractivity contribution in [3.05, 3.63) is 81.6 Å². The normalized spacial score (nSPS) is 16.4. The third-order valence-corrected chi connectivity index (χ3v) is 6.62. The Morgan fingerprint density at radius 3 is 2.46 bits per heavy atom. The molecule has 5 rings (SSSR count). The molecule has 1 saturated heterocycles. The molecule has 3 N–H and O–H groups in total. The second kappa shape index (κ2) is 9.89. The zero-order valence-electron chi connectivity index (χ0n) is 20.4. The fourth-order valence-electron chi connectivity index (χ4n) is 4.65. The highest BCUT2D eigenvalue weighted by molar-refractivity contribution is 5.75. The van der Waals surface area contributed by atoms with Crippen LogP contribution in [-0.4, -0.2) is 38.2 Å². The van der Waals surface area contributed by atoms with Gasteiger partial charge in [-0.1, -0.05) is 42.5 Å². The largest absolute Gasteiger partial charge is 0.416 e. The maximum absolute atomic E-state index is 13.5. The molecule has 4 aromatic rings. The SMILES string of the molecule is Cn1c(NCc2ccc(C(F)(F)F)cc2)nc2nc(N3CCCC(N)C3)n(Cc3ccccc3)c2c1=O. The lowest BCUT2D eigenvalue weighted by atomic mass is 10.1. The van der Waals surface area contributed by atoms with Crippen molar-refractivity contribution in [2.24, 2.45) is 12.8 Å². The Morgan fingerprint density at radius 2 is 1.78 bits per heavy atom. The number of hydrogen-bond acceptors (Lipinski definition) is 6. The molecule has 194 valence electrons. The Kier molecular flexibility index (Phi) is 6.63. The number of benzene rings is 2. The van der Waals surface area contributed by atoms with Gasteiger partial charge >= 0.3 is 6.18 Å². The minimum atomic E-state index is -4.39. The highest BCUT2D eigenvalue weighted by Gasteiger charge is 2.30. The Labute approximate surface area is 211 Å². The molecule has 1 aliphatic heterocycles. The topological polar surface area (TPSA) is 94.0 Å². The summed E-state index contributed by atoms with van der Waals surface area (Å²) in [4.78, 5) is 25.0. The van der Waals surface area contributed by atoms with Crippen LogP contribution in [0.5, 0.6) is 0 Å². The second-order valence-corrected chi connectivity index (χ2v) is 9.35. The van der Waals surface area contributed by atoms with E-state index < -0.39 is 11.7 Å². The predicted octanol–water partition coefficient (Wildman–Crippen LogP) is 3.74. The number of nitrogens with one attached hydrogen (secondary N) is 1. The number of fused-ring (bicyclic) bond motifs is 1. The van der Waals surface area contributed by atoms with Crippen LogP contribution in [0.1, 0.15) is 29.5 Å². The summed E-state index contributed by atoms with van der Waals surface area (Å²) in [6, 6.07) is 14.7. The average Bonchev–Trinajstić information content (AvgIpc) is 3.23. The summed E-state index contributed by atoms with van der Waals surface area (Å²) in [6.07, 6.45) is -2.52. The van der Waals surface area contributed by atoms with Gasteiger partial charge in [0.25, 0.3) is 5.56 Å². The maximum atomic E-state index is 13.5. The van der Waals surface area contributed by atoms with Gasteiger partial charge in [-0.15, -0.1) is 0 Å². The van der Waals surface area contributed by atoms with E-state index in [1.54, 1.807) is 7.05 Å². The maximum Gasteiger partial charge on any atom is 0.416 e. The predicted molar refractivity (Wildman–Crippen MR) is 137 cm³/mol. The van der Waals surface area contributed by atoms with Gasteiger partial charge in [0.05, 0.1) is 12.1 Å². The molecule has 37 heavy (non-hydrogen) atoms. The van der Waals surface area contributed by atoms with E-state index in [2.05, 4.69) is 15.2 Å². The van der Waals surface area contributed by atoms with Crippen LogP contribution in [0.4, 0.5) is 25.1 Å². The number of nitrogens with two attached hydrogens (primary N) is 1. The molecule has 1 aliphatic rings. The number of nitrogens with zero attached hydrogens (tertiary/aromatic N) is 5. The lowest BCUT2D eigenvalue weighted by Gasteiger charge is -2.31. The van der Waals surface area contributed by atoms with Crippen molar-refractivity contribution in [1.29, 1.82) is 0 Å². The monoisotopic (exact) mass is 511 g/mol. The molecule has 2 aromatic heterocycles. The molecule has 8 nitrogen and oxygen atoms in total. The van der Waals surface area contributed by atoms with E-state index in [0.717, 1.165) is 37.1 Å². The van der Waals surface area contributed by atoms with Crippen molar-refractivity contribution >= 4 is 23.1 Å². The number of alkyl halides is 3. The molecule has 0 saturated carbocycles. The highest BCUT2D eigenvalue weighted by Crippen LogP contribution is 2.29. The molecule has 1 atom stereocenters. The quantitative estimate of drug-likeness (QED) is 0.410. The first kappa shape index (κ1) is 24.8. The second-order valence-electron chi connectivity index (χ2n) is 9.35. The van der Waals surface area contributed by atoms with Gasteiger partial charge in [0.1, 0.15) is 0 Å². The van der Waals surface area contributed by atoms with Crippen molar-refractivity contribution in [2.45, 2.75) is 38.1 Å². The van der Waals surface area contributed by atoms with E-state index in [1.807, 2.05) is 34.9 Å². The standard InChI is InChI=1S/C26H28F3N7O/c1-34-23(37)21-22(32-24(34)31-14-17-9-11-19(12-10-17)26(27,28)29)33-25(35-13-5-8-20(30)16-35)36(21)15-18-6-3-2-4-7-18/h2-4,6-7,9-12,20H,5,8,13-16,30H2,1H3,(H,31,32). The Morgan fingerprint density at radius 1 is 1.05 bits per heavy atom. The molecule has 2 aromatic carbocycles. The van der Waals surface area contributed by atoms with Gasteiger partial charge in [-0.2, -0.15) is 23.1 Å². The summed E-state index contributed by atoms with van der Waals surface area (Å²) in [6.45, 7) is 2.07. The third-order valence-electron chi connectivity index (χ3n) is 6.62. The fourth-order valence-corrected chi connectivity index (χ4v) is 4.65. The molecule has 0 aliphatic carbocycles. The molecular weight excluding hydrogens is 483 g/mol. The molecule has 0 radical (unpaired) electrons. The van der Waals surface area contributed by atoms with Crippen LogP contribution in [-0.2, 0) is 26.3 Å². The molecule has 0 amide bonds. The van der Waals surface area contributed by atoms with Gasteiger partial charge in [-0.05, 0) is 36.1 Å². The number of aromatic nitrogens is 4. The molecule has 0 spiro atoms. The first-order valence-corrected chi connectivity index (χ1v) is 12.1. The van der Waals surface area contributed by atoms with E-state index in [1.165, 1.54) is 16.7 Å². The van der Waals surface area contributed by atoms with Crippen molar-refractivity contribution < 1.29 is 13.2 Å². The van der Waals surface area contributed by atoms with Crippen molar-refractivity contribution in [2.75, 3.05) is 23.3 Å². The van der Waals surface area contributed by atoms with Gasteiger partial charge in [0.2, 0.25) is 11.9 Å². The summed E-state index contributed by atoms with van der Waals surface area (Å²) in [5, 5.41) is 3.07. The van der Waals surface area contributed by atoms with E-state index in [9.17, 15) is 18.0 Å². The van der Waals surface area contributed by atoms with Gasteiger partial charge in [-0.3, -0.25) is 13.9 Å². The molecule has 1 fully saturated rings. The lowest BCUT2D eigenvalue weighted by molar-refractivity contribution is -0.137. The lowest BCUT2D eigenvalue weighted by Crippen LogP contribution is -2.44.